The van der Waals surface area contributed by atoms with Crippen molar-refractivity contribution in [3.63, 3.8) is 0 Å². The van der Waals surface area contributed by atoms with E-state index in [4.69, 9.17) is 0 Å². The smallest absolute Gasteiger partial charge is 0.143 e. The quantitative estimate of drug-likeness (QED) is 0.642. The first kappa shape index (κ1) is 10.7. The number of pyridine rings is 1. The molecule has 96 valence electrons. The molecule has 0 amide bonds. The molecule has 0 aliphatic carbocycles. The normalized spacial score (nSPS) is 19.3. The Bertz CT molecular complexity index is 728. The third kappa shape index (κ3) is 1.72. The van der Waals surface area contributed by atoms with Crippen LogP contribution in [-0.2, 0) is 0 Å². The predicted octanol–water partition coefficient (Wildman–Crippen LogP) is 1.28. The summed E-state index contributed by atoms with van der Waals surface area (Å²) in [7, 11) is 0. The van der Waals surface area contributed by atoms with Crippen molar-refractivity contribution < 1.29 is 0 Å². The zero-order valence-corrected chi connectivity index (χ0v) is 10.3. The second-order valence-electron chi connectivity index (χ2n) is 4.83. The van der Waals surface area contributed by atoms with Crippen LogP contribution in [0.3, 0.4) is 0 Å². The van der Waals surface area contributed by atoms with Gasteiger partial charge < -0.3 is 15.6 Å². The Hall–Kier alpha value is -2.21. The van der Waals surface area contributed by atoms with E-state index in [1.165, 1.54) is 0 Å². The summed E-state index contributed by atoms with van der Waals surface area (Å²) in [5, 5.41) is 9.01. The van der Waals surface area contributed by atoms with Gasteiger partial charge in [-0.25, -0.2) is 9.97 Å². The van der Waals surface area contributed by atoms with Crippen molar-refractivity contribution in [3.05, 3.63) is 24.8 Å². The minimum atomic E-state index is 0.435. The van der Waals surface area contributed by atoms with Crippen LogP contribution in [0.15, 0.2) is 24.8 Å². The summed E-state index contributed by atoms with van der Waals surface area (Å²) >= 11 is 0. The van der Waals surface area contributed by atoms with Gasteiger partial charge in [0.1, 0.15) is 17.8 Å². The lowest BCUT2D eigenvalue weighted by molar-refractivity contribution is 0.789. The van der Waals surface area contributed by atoms with E-state index in [1.807, 2.05) is 12.3 Å². The fourth-order valence-electron chi connectivity index (χ4n) is 2.66. The topological polar surface area (TPSA) is 78.5 Å². The molecule has 6 heteroatoms. The van der Waals surface area contributed by atoms with Crippen LogP contribution in [0.25, 0.3) is 21.9 Å². The van der Waals surface area contributed by atoms with Crippen molar-refractivity contribution >= 4 is 27.8 Å². The maximum Gasteiger partial charge on any atom is 0.143 e. The predicted molar refractivity (Wildman–Crippen MR) is 74.1 cm³/mol. The lowest BCUT2D eigenvalue weighted by Crippen LogP contribution is -2.22. The Morgan fingerprint density at radius 2 is 2.32 bits per heavy atom. The highest BCUT2D eigenvalue weighted by Crippen LogP contribution is 2.28. The second kappa shape index (κ2) is 4.17. The van der Waals surface area contributed by atoms with Gasteiger partial charge in [0.15, 0.2) is 0 Å². The van der Waals surface area contributed by atoms with Crippen LogP contribution in [0.2, 0.25) is 0 Å². The van der Waals surface area contributed by atoms with E-state index in [0.29, 0.717) is 6.04 Å². The third-order valence-corrected chi connectivity index (χ3v) is 3.59. The maximum absolute atomic E-state index is 4.40. The number of rotatable bonds is 2. The van der Waals surface area contributed by atoms with E-state index in [2.05, 4.69) is 30.6 Å². The van der Waals surface area contributed by atoms with Crippen LogP contribution in [0.5, 0.6) is 0 Å². The SMILES string of the molecule is c1cc2c(cn1)[nH]c1ncnc(NC3CCNC3)c12. The third-order valence-electron chi connectivity index (χ3n) is 3.59. The first-order valence-corrected chi connectivity index (χ1v) is 6.45. The van der Waals surface area contributed by atoms with Gasteiger partial charge in [0.05, 0.1) is 17.1 Å². The van der Waals surface area contributed by atoms with Crippen molar-refractivity contribution in [2.45, 2.75) is 12.5 Å². The molecular formula is C13H14N6. The van der Waals surface area contributed by atoms with Gasteiger partial charge in [0, 0.05) is 24.2 Å². The van der Waals surface area contributed by atoms with Crippen molar-refractivity contribution in [2.24, 2.45) is 0 Å². The van der Waals surface area contributed by atoms with Crippen molar-refractivity contribution in [3.8, 4) is 0 Å². The molecule has 1 aliphatic heterocycles. The first-order valence-electron chi connectivity index (χ1n) is 6.45. The first-order chi connectivity index (χ1) is 9.42. The second-order valence-corrected chi connectivity index (χ2v) is 4.83. The highest BCUT2D eigenvalue weighted by Gasteiger charge is 2.17. The number of nitrogens with one attached hydrogen (secondary N) is 3. The van der Waals surface area contributed by atoms with Crippen LogP contribution in [-0.4, -0.2) is 39.1 Å². The number of fused-ring (bicyclic) bond motifs is 3. The molecule has 1 atom stereocenters. The number of nitrogens with zero attached hydrogens (tertiary/aromatic N) is 3. The fraction of sp³-hybridized carbons (Fsp3) is 0.308. The van der Waals surface area contributed by atoms with Gasteiger partial charge in [-0.15, -0.1) is 0 Å². The zero-order chi connectivity index (χ0) is 12.7. The number of H-pyrrole nitrogens is 1. The molecule has 0 bridgehead atoms. The molecule has 3 N–H and O–H groups in total. The average molecular weight is 254 g/mol. The highest BCUT2D eigenvalue weighted by atomic mass is 15.1. The van der Waals surface area contributed by atoms with E-state index in [0.717, 1.165) is 47.3 Å². The molecule has 4 heterocycles. The molecule has 0 saturated carbocycles. The number of anilines is 1. The van der Waals surface area contributed by atoms with E-state index < -0.39 is 0 Å². The molecule has 6 nitrogen and oxygen atoms in total. The van der Waals surface area contributed by atoms with Gasteiger partial charge in [0.2, 0.25) is 0 Å². The maximum atomic E-state index is 4.40. The molecule has 4 rings (SSSR count). The molecule has 1 unspecified atom stereocenters. The van der Waals surface area contributed by atoms with Crippen molar-refractivity contribution in [1.29, 1.82) is 0 Å². The van der Waals surface area contributed by atoms with Crippen LogP contribution < -0.4 is 10.6 Å². The van der Waals surface area contributed by atoms with E-state index in [-0.39, 0.29) is 0 Å². The van der Waals surface area contributed by atoms with Crippen molar-refractivity contribution in [2.75, 3.05) is 18.4 Å². The van der Waals surface area contributed by atoms with E-state index >= 15 is 0 Å². The van der Waals surface area contributed by atoms with Crippen LogP contribution in [0, 0.1) is 0 Å². The van der Waals surface area contributed by atoms with Crippen LogP contribution >= 0.6 is 0 Å². The Morgan fingerprint density at radius 1 is 1.32 bits per heavy atom. The van der Waals surface area contributed by atoms with Gasteiger partial charge in [0.25, 0.3) is 0 Å². The summed E-state index contributed by atoms with van der Waals surface area (Å²) in [6.07, 6.45) is 6.33. The largest absolute Gasteiger partial charge is 0.365 e. The minimum Gasteiger partial charge on any atom is -0.365 e. The molecule has 19 heavy (non-hydrogen) atoms. The minimum absolute atomic E-state index is 0.435. The van der Waals surface area contributed by atoms with Gasteiger partial charge in [-0.05, 0) is 19.0 Å². The summed E-state index contributed by atoms with van der Waals surface area (Å²) in [6, 6.07) is 2.43. The van der Waals surface area contributed by atoms with Gasteiger partial charge >= 0.3 is 0 Å². The molecular weight excluding hydrogens is 240 g/mol. The molecule has 1 fully saturated rings. The number of hydrogen-bond donors (Lipinski definition) is 3. The molecule has 1 saturated heterocycles. The van der Waals surface area contributed by atoms with E-state index in [1.54, 1.807) is 12.5 Å². The summed E-state index contributed by atoms with van der Waals surface area (Å²) < 4.78 is 0. The van der Waals surface area contributed by atoms with Crippen molar-refractivity contribution in [1.82, 2.24) is 25.3 Å². The molecule has 3 aromatic rings. The van der Waals surface area contributed by atoms with Gasteiger partial charge in [-0.1, -0.05) is 0 Å². The summed E-state index contributed by atoms with van der Waals surface area (Å²) in [4.78, 5) is 16.1. The molecule has 3 aromatic heterocycles. The fourth-order valence-corrected chi connectivity index (χ4v) is 2.66. The Kier molecular flexibility index (Phi) is 2.34. The molecule has 0 radical (unpaired) electrons. The number of aromatic nitrogens is 4. The molecule has 1 aliphatic rings. The standard InChI is InChI=1S/C13H14N6/c1-3-14-5-8(1)18-12-11-9-2-4-15-6-10(9)19-13(11)17-7-16-12/h2,4,6-8,14H,1,3,5H2,(H2,16,17,18,19). The van der Waals surface area contributed by atoms with E-state index in [9.17, 15) is 0 Å². The summed E-state index contributed by atoms with van der Waals surface area (Å²) in [6.45, 7) is 2.04. The Balaban J connectivity index is 1.89. The van der Waals surface area contributed by atoms with Gasteiger partial charge in [-0.3, -0.25) is 4.98 Å². The zero-order valence-electron chi connectivity index (χ0n) is 10.3. The highest BCUT2D eigenvalue weighted by molar-refractivity contribution is 6.10. The van der Waals surface area contributed by atoms with Crippen LogP contribution in [0.4, 0.5) is 5.82 Å². The monoisotopic (exact) mass is 254 g/mol. The Labute approximate surface area is 109 Å². The van der Waals surface area contributed by atoms with Crippen LogP contribution in [0.1, 0.15) is 6.42 Å². The van der Waals surface area contributed by atoms with Gasteiger partial charge in [-0.2, -0.15) is 0 Å². The lowest BCUT2D eigenvalue weighted by Gasteiger charge is -2.12. The Morgan fingerprint density at radius 3 is 3.21 bits per heavy atom. The number of hydrogen-bond acceptors (Lipinski definition) is 5. The number of aromatic amines is 1. The average Bonchev–Trinajstić information content (AvgIpc) is 3.05. The molecule has 0 aromatic carbocycles. The molecule has 0 spiro atoms. The summed E-state index contributed by atoms with van der Waals surface area (Å²) in [5.74, 6) is 0.899. The summed E-state index contributed by atoms with van der Waals surface area (Å²) in [5.41, 5.74) is 1.84. The lowest BCUT2D eigenvalue weighted by atomic mass is 10.2.